The molecule has 5 nitrogen and oxygen atoms in total. The number of hydrogen-bond acceptors (Lipinski definition) is 4. The summed E-state index contributed by atoms with van der Waals surface area (Å²) in [6, 6.07) is 1.37. The molecule has 1 heterocycles. The van der Waals surface area contributed by atoms with Gasteiger partial charge in [-0.1, -0.05) is 6.08 Å². The molecule has 1 aromatic rings. The lowest BCUT2D eigenvalue weighted by Crippen LogP contribution is -1.92. The van der Waals surface area contributed by atoms with Gasteiger partial charge in [-0.2, -0.15) is 0 Å². The molecule has 74 valence electrons. The zero-order valence-corrected chi connectivity index (χ0v) is 7.71. The Morgan fingerprint density at radius 3 is 3.14 bits per heavy atom. The first-order chi connectivity index (χ1) is 6.75. The first-order valence-electron chi connectivity index (χ1n) is 3.99. The molecule has 0 fully saturated rings. The fourth-order valence-corrected chi connectivity index (χ4v) is 0.965. The van der Waals surface area contributed by atoms with Crippen LogP contribution in [0.25, 0.3) is 6.08 Å². The van der Waals surface area contributed by atoms with Crippen LogP contribution >= 0.6 is 0 Å². The first-order valence-corrected chi connectivity index (χ1v) is 3.99. The summed E-state index contributed by atoms with van der Waals surface area (Å²) in [5, 5.41) is 10.6. The highest BCUT2D eigenvalue weighted by molar-refractivity contribution is 5.59. The Bertz CT molecular complexity index is 350. The molecule has 0 aliphatic heterocycles. The molecule has 14 heavy (non-hydrogen) atoms. The molecule has 0 aliphatic rings. The van der Waals surface area contributed by atoms with E-state index in [1.807, 2.05) is 0 Å². The molecule has 0 atom stereocenters. The minimum atomic E-state index is -0.436. The highest BCUT2D eigenvalue weighted by Crippen LogP contribution is 2.17. The van der Waals surface area contributed by atoms with Crippen LogP contribution in [0.2, 0.25) is 0 Å². The average Bonchev–Trinajstić information content (AvgIpc) is 2.19. The van der Waals surface area contributed by atoms with Gasteiger partial charge < -0.3 is 4.74 Å². The van der Waals surface area contributed by atoms with Crippen LogP contribution in [-0.2, 0) is 4.74 Å². The van der Waals surface area contributed by atoms with E-state index in [1.165, 1.54) is 18.5 Å². The van der Waals surface area contributed by atoms with E-state index in [9.17, 15) is 10.1 Å². The van der Waals surface area contributed by atoms with Crippen LogP contribution in [0, 0.1) is 10.1 Å². The minimum absolute atomic E-state index is 0.0485. The van der Waals surface area contributed by atoms with Crippen molar-refractivity contribution < 1.29 is 9.66 Å². The van der Waals surface area contributed by atoms with E-state index < -0.39 is 4.92 Å². The van der Waals surface area contributed by atoms with Crippen molar-refractivity contribution in [2.75, 3.05) is 13.7 Å². The third-order valence-corrected chi connectivity index (χ3v) is 1.58. The van der Waals surface area contributed by atoms with Gasteiger partial charge in [-0.3, -0.25) is 15.1 Å². The summed E-state index contributed by atoms with van der Waals surface area (Å²) in [6.45, 7) is 0.423. The SMILES string of the molecule is COC/C=C/c1cnccc1[N+](=O)[O-]. The van der Waals surface area contributed by atoms with Gasteiger partial charge in [0.05, 0.1) is 17.1 Å². The van der Waals surface area contributed by atoms with Gasteiger partial charge in [0.25, 0.3) is 5.69 Å². The largest absolute Gasteiger partial charge is 0.381 e. The lowest BCUT2D eigenvalue weighted by atomic mass is 10.2. The topological polar surface area (TPSA) is 65.3 Å². The summed E-state index contributed by atoms with van der Waals surface area (Å²) in [4.78, 5) is 13.9. The van der Waals surface area contributed by atoms with E-state index in [1.54, 1.807) is 19.3 Å². The van der Waals surface area contributed by atoms with Crippen molar-refractivity contribution in [1.82, 2.24) is 4.98 Å². The Kier molecular flexibility index (Phi) is 3.75. The second kappa shape index (κ2) is 5.08. The Balaban J connectivity index is 2.90. The maximum atomic E-state index is 10.6. The maximum absolute atomic E-state index is 10.6. The van der Waals surface area contributed by atoms with E-state index in [4.69, 9.17) is 4.74 Å². The monoisotopic (exact) mass is 194 g/mol. The number of methoxy groups -OCH3 is 1. The van der Waals surface area contributed by atoms with Gasteiger partial charge in [0.1, 0.15) is 0 Å². The van der Waals surface area contributed by atoms with Crippen LogP contribution in [0.3, 0.4) is 0 Å². The van der Waals surface area contributed by atoms with Crippen LogP contribution < -0.4 is 0 Å². The van der Waals surface area contributed by atoms with E-state index in [2.05, 4.69) is 4.98 Å². The third-order valence-electron chi connectivity index (χ3n) is 1.58. The van der Waals surface area contributed by atoms with E-state index in [0.29, 0.717) is 12.2 Å². The number of rotatable bonds is 4. The number of hydrogen-bond donors (Lipinski definition) is 0. The fraction of sp³-hybridized carbons (Fsp3) is 0.222. The highest BCUT2D eigenvalue weighted by atomic mass is 16.6. The van der Waals surface area contributed by atoms with E-state index >= 15 is 0 Å². The van der Waals surface area contributed by atoms with Crippen molar-refractivity contribution in [2.24, 2.45) is 0 Å². The Hall–Kier alpha value is -1.75. The van der Waals surface area contributed by atoms with Crippen molar-refractivity contribution >= 4 is 11.8 Å². The van der Waals surface area contributed by atoms with Gasteiger partial charge in [-0.25, -0.2) is 0 Å². The predicted molar refractivity (Wildman–Crippen MR) is 51.8 cm³/mol. The summed E-state index contributed by atoms with van der Waals surface area (Å²) in [6.07, 6.45) is 6.16. The second-order valence-electron chi connectivity index (χ2n) is 2.55. The van der Waals surface area contributed by atoms with Crippen LogP contribution in [0.15, 0.2) is 24.5 Å². The molecule has 0 unspecified atom stereocenters. The molecule has 0 N–H and O–H groups in total. The van der Waals surface area contributed by atoms with E-state index in [0.717, 1.165) is 0 Å². The highest BCUT2D eigenvalue weighted by Gasteiger charge is 2.09. The zero-order chi connectivity index (χ0) is 10.4. The fourth-order valence-electron chi connectivity index (χ4n) is 0.965. The van der Waals surface area contributed by atoms with E-state index in [-0.39, 0.29) is 5.69 Å². The van der Waals surface area contributed by atoms with Crippen molar-refractivity contribution in [2.45, 2.75) is 0 Å². The second-order valence-corrected chi connectivity index (χ2v) is 2.55. The molecule has 0 spiro atoms. The molecule has 0 amide bonds. The molecule has 0 saturated heterocycles. The summed E-state index contributed by atoms with van der Waals surface area (Å²) >= 11 is 0. The summed E-state index contributed by atoms with van der Waals surface area (Å²) < 4.78 is 4.79. The molecule has 5 heteroatoms. The lowest BCUT2D eigenvalue weighted by Gasteiger charge is -1.95. The van der Waals surface area contributed by atoms with Gasteiger partial charge in [-0.05, 0) is 6.08 Å². The van der Waals surface area contributed by atoms with Gasteiger partial charge >= 0.3 is 0 Å². The Morgan fingerprint density at radius 2 is 2.50 bits per heavy atom. The summed E-state index contributed by atoms with van der Waals surface area (Å²) in [5.74, 6) is 0. The van der Waals surface area contributed by atoms with Crippen LogP contribution in [0.5, 0.6) is 0 Å². The number of ether oxygens (including phenoxy) is 1. The normalized spacial score (nSPS) is 10.6. The number of pyridine rings is 1. The average molecular weight is 194 g/mol. The van der Waals surface area contributed by atoms with Crippen molar-refractivity contribution in [1.29, 1.82) is 0 Å². The quantitative estimate of drug-likeness (QED) is 0.540. The number of nitrogens with zero attached hydrogens (tertiary/aromatic N) is 2. The molecular weight excluding hydrogens is 184 g/mol. The lowest BCUT2D eigenvalue weighted by molar-refractivity contribution is -0.385. The molecule has 1 rings (SSSR count). The van der Waals surface area contributed by atoms with Crippen LogP contribution in [0.1, 0.15) is 5.56 Å². The molecule has 0 aliphatic carbocycles. The summed E-state index contributed by atoms with van der Waals surface area (Å²) in [5.41, 5.74) is 0.530. The maximum Gasteiger partial charge on any atom is 0.279 e. The summed E-state index contributed by atoms with van der Waals surface area (Å²) in [7, 11) is 1.56. The third kappa shape index (κ3) is 2.63. The van der Waals surface area contributed by atoms with Gasteiger partial charge in [-0.15, -0.1) is 0 Å². The Morgan fingerprint density at radius 1 is 1.71 bits per heavy atom. The number of aromatic nitrogens is 1. The predicted octanol–water partition coefficient (Wildman–Crippen LogP) is 1.65. The smallest absolute Gasteiger partial charge is 0.279 e. The van der Waals surface area contributed by atoms with Crippen molar-refractivity contribution in [3.63, 3.8) is 0 Å². The molecule has 0 saturated carbocycles. The molecule has 1 aromatic heterocycles. The Labute approximate surface area is 81.2 Å². The minimum Gasteiger partial charge on any atom is -0.381 e. The molecule has 0 aromatic carbocycles. The van der Waals surface area contributed by atoms with Gasteiger partial charge in [0, 0.05) is 25.6 Å². The van der Waals surface area contributed by atoms with Crippen molar-refractivity contribution in [3.8, 4) is 0 Å². The molecule has 0 radical (unpaired) electrons. The van der Waals surface area contributed by atoms with Gasteiger partial charge in [0.15, 0.2) is 0 Å². The molecule has 0 bridgehead atoms. The van der Waals surface area contributed by atoms with Crippen LogP contribution in [0.4, 0.5) is 5.69 Å². The standard InChI is InChI=1S/C9H10N2O3/c1-14-6-2-3-8-7-10-5-4-9(8)11(12)13/h2-5,7H,6H2,1H3/b3-2+. The zero-order valence-electron chi connectivity index (χ0n) is 7.71. The van der Waals surface area contributed by atoms with Crippen molar-refractivity contribution in [3.05, 3.63) is 40.2 Å². The first kappa shape index (κ1) is 10.3. The van der Waals surface area contributed by atoms with Gasteiger partial charge in [0.2, 0.25) is 0 Å². The van der Waals surface area contributed by atoms with Crippen LogP contribution in [-0.4, -0.2) is 23.6 Å². The number of nitro groups is 1. The molecular formula is C9H10N2O3.